The highest BCUT2D eigenvalue weighted by molar-refractivity contribution is 7.32. The molecule has 179 valence electrons. The highest BCUT2D eigenvalue weighted by Crippen LogP contribution is 2.64. The first kappa shape index (κ1) is 25.2. The predicted molar refractivity (Wildman–Crippen MR) is 143 cm³/mol. The van der Waals surface area contributed by atoms with Crippen molar-refractivity contribution in [2.75, 3.05) is 0 Å². The maximum atomic E-state index is 4.78. The second-order valence-corrected chi connectivity index (χ2v) is 21.8. The molecule has 2 bridgehead atoms. The molecule has 0 amide bonds. The van der Waals surface area contributed by atoms with Gasteiger partial charge >= 0.3 is 16.6 Å². The lowest BCUT2D eigenvalue weighted by molar-refractivity contribution is 0.211. The molecule has 1 radical (unpaired) electrons. The lowest BCUT2D eigenvalue weighted by atomic mass is 10.1. The summed E-state index contributed by atoms with van der Waals surface area (Å²) >= 11 is 0. The van der Waals surface area contributed by atoms with Crippen molar-refractivity contribution < 1.29 is 0 Å². The van der Waals surface area contributed by atoms with Gasteiger partial charge < -0.3 is 18.3 Å². The molecule has 0 aromatic heterocycles. The van der Waals surface area contributed by atoms with Crippen molar-refractivity contribution in [1.29, 1.82) is 0 Å². The Morgan fingerprint density at radius 2 is 1.06 bits per heavy atom. The summed E-state index contributed by atoms with van der Waals surface area (Å²) in [6.45, 7) is 44.8. The van der Waals surface area contributed by atoms with Gasteiger partial charge in [0.05, 0.1) is 5.54 Å². The van der Waals surface area contributed by atoms with Gasteiger partial charge in [0.2, 0.25) is 0 Å². The minimum absolute atomic E-state index is 0.00611. The Labute approximate surface area is 201 Å². The lowest BCUT2D eigenvalue weighted by Crippen LogP contribution is -2.82. The molecule has 2 saturated heterocycles. The monoisotopic (exact) mass is 471 g/mol. The van der Waals surface area contributed by atoms with Crippen LogP contribution in [0.3, 0.4) is 0 Å². The van der Waals surface area contributed by atoms with E-state index in [0.717, 1.165) is 5.70 Å². The molecule has 4 nitrogen and oxygen atoms in total. The molecular formula is C26H47N4Si2. The highest BCUT2D eigenvalue weighted by atomic mass is 29.2. The summed E-state index contributed by atoms with van der Waals surface area (Å²) in [5.74, 6) is 0. The molecule has 3 rings (SSSR count). The molecule has 3 aliphatic rings. The summed E-state index contributed by atoms with van der Waals surface area (Å²) in [5.41, 5.74) is 5.20. The van der Waals surface area contributed by atoms with Gasteiger partial charge in [0.15, 0.2) is 0 Å². The number of hydrogen-bond donors (Lipinski definition) is 0. The van der Waals surface area contributed by atoms with Crippen molar-refractivity contribution in [3.05, 3.63) is 48.6 Å². The summed E-state index contributed by atoms with van der Waals surface area (Å²) in [6.07, 6.45) is 2.31. The Morgan fingerprint density at radius 3 is 1.38 bits per heavy atom. The molecule has 1 unspecified atom stereocenters. The van der Waals surface area contributed by atoms with Gasteiger partial charge in [0.1, 0.15) is 0 Å². The van der Waals surface area contributed by atoms with Crippen LogP contribution in [-0.4, -0.2) is 57.0 Å². The highest BCUT2D eigenvalue weighted by Gasteiger charge is 2.80. The third-order valence-electron chi connectivity index (χ3n) is 6.78. The van der Waals surface area contributed by atoms with E-state index in [4.69, 9.17) is 13.2 Å². The normalized spacial score (nSPS) is 28.0. The van der Waals surface area contributed by atoms with Gasteiger partial charge in [-0.3, -0.25) is 0 Å². The van der Waals surface area contributed by atoms with Crippen LogP contribution in [-0.2, 0) is 0 Å². The third kappa shape index (κ3) is 3.19. The zero-order valence-corrected chi connectivity index (χ0v) is 25.1. The van der Waals surface area contributed by atoms with Crippen LogP contribution in [0.5, 0.6) is 0 Å². The quantitative estimate of drug-likeness (QED) is 0.387. The Bertz CT molecular complexity index is 857. The second-order valence-electron chi connectivity index (χ2n) is 13.8. The van der Waals surface area contributed by atoms with Crippen LogP contribution in [0.4, 0.5) is 0 Å². The fourth-order valence-corrected chi connectivity index (χ4v) is 26.3. The molecule has 0 aromatic carbocycles. The van der Waals surface area contributed by atoms with Gasteiger partial charge in [-0.25, -0.2) is 0 Å². The summed E-state index contributed by atoms with van der Waals surface area (Å²) in [7, 11) is -3.79. The molecule has 1 spiro atoms. The van der Waals surface area contributed by atoms with Crippen LogP contribution in [0.15, 0.2) is 48.6 Å². The molecule has 0 aliphatic carbocycles. The maximum absolute atomic E-state index is 4.78. The molecule has 0 saturated carbocycles. The smallest absolute Gasteiger partial charge is 0.333 e. The largest absolute Gasteiger partial charge is 0.379 e. The van der Waals surface area contributed by atoms with E-state index in [-0.39, 0.29) is 27.7 Å². The molecule has 0 N–H and O–H groups in total. The molecule has 32 heavy (non-hydrogen) atoms. The van der Waals surface area contributed by atoms with Crippen molar-refractivity contribution in [3.8, 4) is 0 Å². The molecule has 3 aliphatic heterocycles. The first-order valence-electron chi connectivity index (χ1n) is 11.9. The number of allylic oxidation sites excluding steroid dienone is 2. The fraction of sp³-hybridized carbons (Fsp3) is 0.692. The average Bonchev–Trinajstić information content (AvgIpc) is 2.84. The van der Waals surface area contributed by atoms with Crippen molar-refractivity contribution in [1.82, 2.24) is 18.3 Å². The molecule has 1 atom stereocenters. The van der Waals surface area contributed by atoms with E-state index in [2.05, 4.69) is 121 Å². The second kappa shape index (κ2) is 6.81. The topological polar surface area (TPSA) is 13.0 Å². The van der Waals surface area contributed by atoms with Gasteiger partial charge in [0.25, 0.3) is 0 Å². The molecular weight excluding hydrogens is 424 g/mol. The Balaban J connectivity index is 2.52. The van der Waals surface area contributed by atoms with E-state index >= 15 is 0 Å². The standard InChI is InChI=1S/C26H47N4Si2/c1-18-17-19(2)30(26(14,15)16)32(29(18)25(11,12)13)22-20(3)27(23(5,6)7)31(32)28(21(22)4)24(8,9)10/h17,22H,1,3-4H2,2,5-16H3. The van der Waals surface area contributed by atoms with Gasteiger partial charge in [-0.15, -0.1) is 0 Å². The molecule has 6 heteroatoms. The summed E-state index contributed by atoms with van der Waals surface area (Å²) in [5, 5.41) is 0. The van der Waals surface area contributed by atoms with Gasteiger partial charge in [-0.1, -0.05) is 19.7 Å². The average molecular weight is 472 g/mol. The van der Waals surface area contributed by atoms with Crippen LogP contribution >= 0.6 is 0 Å². The van der Waals surface area contributed by atoms with Crippen molar-refractivity contribution >= 4 is 16.6 Å². The fourth-order valence-electron chi connectivity index (χ4n) is 6.64. The van der Waals surface area contributed by atoms with Gasteiger partial charge in [0, 0.05) is 44.9 Å². The van der Waals surface area contributed by atoms with E-state index in [1.807, 2.05) is 0 Å². The first-order valence-corrected chi connectivity index (χ1v) is 16.3. The number of nitrogens with zero attached hydrogens (tertiary/aromatic N) is 4. The van der Waals surface area contributed by atoms with Crippen LogP contribution in [0.25, 0.3) is 0 Å². The van der Waals surface area contributed by atoms with Gasteiger partial charge in [-0.05, 0) is 96.1 Å². The Kier molecular flexibility index (Phi) is 5.37. The molecule has 0 aromatic rings. The van der Waals surface area contributed by atoms with Crippen molar-refractivity contribution in [3.63, 3.8) is 0 Å². The van der Waals surface area contributed by atoms with E-state index in [0.29, 0.717) is 0 Å². The van der Waals surface area contributed by atoms with Crippen LogP contribution < -0.4 is 0 Å². The van der Waals surface area contributed by atoms with E-state index in [9.17, 15) is 0 Å². The first-order chi connectivity index (χ1) is 14.1. The third-order valence-corrected chi connectivity index (χ3v) is 20.5. The van der Waals surface area contributed by atoms with Crippen molar-refractivity contribution in [2.45, 2.75) is 118 Å². The summed E-state index contributed by atoms with van der Waals surface area (Å²) in [6, 6.07) is 0. The molecule has 3 heterocycles. The number of hydrogen-bond acceptors (Lipinski definition) is 4. The van der Waals surface area contributed by atoms with E-state index < -0.39 is 16.6 Å². The lowest BCUT2D eigenvalue weighted by Gasteiger charge is -2.62. The van der Waals surface area contributed by atoms with Crippen molar-refractivity contribution in [2.24, 2.45) is 0 Å². The SMILES string of the molecule is C=C1C2C(=C)N(C(C)(C)C)[Si](N1C(C)(C)C)[Si]21N(C(C)(C)C)C(=C)C=C(C)N1C(C)(C)C. The summed E-state index contributed by atoms with van der Waals surface area (Å²) in [4.78, 5) is 0. The van der Waals surface area contributed by atoms with E-state index in [1.165, 1.54) is 17.1 Å². The maximum Gasteiger partial charge on any atom is 0.333 e. The minimum Gasteiger partial charge on any atom is -0.379 e. The van der Waals surface area contributed by atoms with Crippen LogP contribution in [0, 0.1) is 0 Å². The van der Waals surface area contributed by atoms with Crippen LogP contribution in [0.1, 0.15) is 90.0 Å². The minimum atomic E-state index is -2.49. The zero-order valence-electron chi connectivity index (χ0n) is 23.1. The predicted octanol–water partition coefficient (Wildman–Crippen LogP) is 6.25. The van der Waals surface area contributed by atoms with Gasteiger partial charge in [-0.2, -0.15) is 0 Å². The Morgan fingerprint density at radius 1 is 0.688 bits per heavy atom. The zero-order chi connectivity index (χ0) is 25.0. The van der Waals surface area contributed by atoms with E-state index in [1.54, 1.807) is 0 Å². The Hall–Kier alpha value is -1.41. The summed E-state index contributed by atoms with van der Waals surface area (Å²) < 4.78 is 11.1. The van der Waals surface area contributed by atoms with Crippen LogP contribution in [0.2, 0.25) is 5.54 Å². The number of rotatable bonds is 0. The molecule has 2 fully saturated rings.